The van der Waals surface area contributed by atoms with Gasteiger partial charge in [0.25, 0.3) is 0 Å². The number of anilines is 1. The molecular weight excluding hydrogens is 262 g/mol. The van der Waals surface area contributed by atoms with Crippen LogP contribution in [-0.4, -0.2) is 26.3 Å². The van der Waals surface area contributed by atoms with E-state index in [1.807, 2.05) is 16.9 Å². The van der Waals surface area contributed by atoms with Gasteiger partial charge in [0.2, 0.25) is 0 Å². The van der Waals surface area contributed by atoms with E-state index in [1.165, 1.54) is 0 Å². The van der Waals surface area contributed by atoms with Crippen LogP contribution in [0.25, 0.3) is 11.4 Å². The molecule has 114 valence electrons. The van der Waals surface area contributed by atoms with Crippen LogP contribution < -0.4 is 5.32 Å². The van der Waals surface area contributed by atoms with E-state index in [9.17, 15) is 0 Å². The molecule has 0 spiro atoms. The highest BCUT2D eigenvalue weighted by Crippen LogP contribution is 2.26. The van der Waals surface area contributed by atoms with E-state index in [2.05, 4.69) is 43.1 Å². The Kier molecular flexibility index (Phi) is 5.31. The average molecular weight is 287 g/mol. The second-order valence-electron chi connectivity index (χ2n) is 5.18. The van der Waals surface area contributed by atoms with Crippen LogP contribution >= 0.6 is 0 Å². The molecule has 0 aliphatic carbocycles. The maximum atomic E-state index is 4.78. The summed E-state index contributed by atoms with van der Waals surface area (Å²) in [5.74, 6) is 1.84. The molecule has 0 saturated carbocycles. The Morgan fingerprint density at radius 3 is 2.62 bits per heavy atom. The zero-order valence-electron chi connectivity index (χ0n) is 13.5. The summed E-state index contributed by atoms with van der Waals surface area (Å²) < 4.78 is 2.03. The first kappa shape index (κ1) is 15.5. The minimum absolute atomic E-state index is 0.858. The average Bonchev–Trinajstić information content (AvgIpc) is 2.91. The first-order chi connectivity index (χ1) is 10.2. The number of hydrogen-bond acceptors (Lipinski definition) is 4. The molecule has 1 N–H and O–H groups in total. The Labute approximate surface area is 126 Å². The molecule has 2 aromatic rings. The summed E-state index contributed by atoms with van der Waals surface area (Å²) in [7, 11) is 0. The number of aromatic nitrogens is 4. The van der Waals surface area contributed by atoms with Crippen molar-refractivity contribution in [2.75, 3.05) is 11.9 Å². The fourth-order valence-corrected chi connectivity index (χ4v) is 2.41. The van der Waals surface area contributed by atoms with Gasteiger partial charge in [-0.05, 0) is 32.8 Å². The molecule has 0 aliphatic heterocycles. The third-order valence-corrected chi connectivity index (χ3v) is 3.40. The Hall–Kier alpha value is -1.91. The molecule has 21 heavy (non-hydrogen) atoms. The van der Waals surface area contributed by atoms with Gasteiger partial charge in [0.1, 0.15) is 11.6 Å². The van der Waals surface area contributed by atoms with Crippen LogP contribution in [0.15, 0.2) is 12.3 Å². The molecule has 5 nitrogen and oxygen atoms in total. The van der Waals surface area contributed by atoms with E-state index >= 15 is 0 Å². The maximum Gasteiger partial charge on any atom is 0.133 e. The van der Waals surface area contributed by atoms with E-state index in [0.717, 1.165) is 60.9 Å². The van der Waals surface area contributed by atoms with Crippen molar-refractivity contribution in [1.82, 2.24) is 19.7 Å². The standard InChI is InChI=1S/C16H25N5/c1-5-8-14-19-15(12(4)16(20-14)17-7-3)13-9-10-18-21(13)11-6-2/h9-10H,5-8,11H2,1-4H3,(H,17,19,20). The van der Waals surface area contributed by atoms with E-state index in [4.69, 9.17) is 4.98 Å². The minimum atomic E-state index is 0.858. The minimum Gasteiger partial charge on any atom is -0.370 e. The molecule has 5 heteroatoms. The van der Waals surface area contributed by atoms with Crippen molar-refractivity contribution in [3.05, 3.63) is 23.7 Å². The Balaban J connectivity index is 2.52. The fraction of sp³-hybridized carbons (Fsp3) is 0.562. The highest BCUT2D eigenvalue weighted by molar-refractivity contribution is 5.65. The van der Waals surface area contributed by atoms with Gasteiger partial charge in [-0.15, -0.1) is 0 Å². The molecule has 0 bridgehead atoms. The van der Waals surface area contributed by atoms with Gasteiger partial charge in [-0.25, -0.2) is 9.97 Å². The molecule has 0 aliphatic rings. The summed E-state index contributed by atoms with van der Waals surface area (Å²) in [6, 6.07) is 2.04. The lowest BCUT2D eigenvalue weighted by molar-refractivity contribution is 0.607. The first-order valence-electron chi connectivity index (χ1n) is 7.84. The van der Waals surface area contributed by atoms with Gasteiger partial charge in [-0.2, -0.15) is 5.10 Å². The summed E-state index contributed by atoms with van der Waals surface area (Å²) in [4.78, 5) is 9.42. The zero-order valence-corrected chi connectivity index (χ0v) is 13.5. The zero-order chi connectivity index (χ0) is 15.2. The van der Waals surface area contributed by atoms with Crippen LogP contribution in [0, 0.1) is 6.92 Å². The third kappa shape index (κ3) is 3.40. The van der Waals surface area contributed by atoms with Crippen LogP contribution in [0.3, 0.4) is 0 Å². The highest BCUT2D eigenvalue weighted by Gasteiger charge is 2.15. The van der Waals surface area contributed by atoms with E-state index in [0.29, 0.717) is 0 Å². The van der Waals surface area contributed by atoms with Crippen molar-refractivity contribution < 1.29 is 0 Å². The van der Waals surface area contributed by atoms with Gasteiger partial charge in [0.15, 0.2) is 0 Å². The lowest BCUT2D eigenvalue weighted by Gasteiger charge is -2.14. The van der Waals surface area contributed by atoms with Gasteiger partial charge < -0.3 is 5.32 Å². The number of nitrogens with one attached hydrogen (secondary N) is 1. The Bertz CT molecular complexity index is 588. The Morgan fingerprint density at radius 2 is 1.95 bits per heavy atom. The van der Waals surface area contributed by atoms with Crippen LogP contribution in [0.5, 0.6) is 0 Å². The molecule has 0 radical (unpaired) electrons. The highest BCUT2D eigenvalue weighted by atomic mass is 15.3. The van der Waals surface area contributed by atoms with Crippen molar-refractivity contribution in [3.8, 4) is 11.4 Å². The normalized spacial score (nSPS) is 10.9. The van der Waals surface area contributed by atoms with Gasteiger partial charge in [-0.3, -0.25) is 4.68 Å². The molecule has 2 rings (SSSR count). The van der Waals surface area contributed by atoms with Crippen molar-refractivity contribution in [3.63, 3.8) is 0 Å². The summed E-state index contributed by atoms with van der Waals surface area (Å²) in [5, 5.41) is 7.76. The molecule has 0 fully saturated rings. The molecule has 2 heterocycles. The SMILES string of the molecule is CCCc1nc(NCC)c(C)c(-c2ccnn2CCC)n1. The van der Waals surface area contributed by atoms with Crippen LogP contribution in [0.2, 0.25) is 0 Å². The predicted octanol–water partition coefficient (Wildman–Crippen LogP) is 3.44. The molecule has 0 saturated heterocycles. The quantitative estimate of drug-likeness (QED) is 0.847. The predicted molar refractivity (Wildman–Crippen MR) is 86.4 cm³/mol. The van der Waals surface area contributed by atoms with Crippen LogP contribution in [0.4, 0.5) is 5.82 Å². The van der Waals surface area contributed by atoms with E-state index < -0.39 is 0 Å². The molecular formula is C16H25N5. The maximum absolute atomic E-state index is 4.78. The molecule has 0 amide bonds. The summed E-state index contributed by atoms with van der Waals surface area (Å²) in [5.41, 5.74) is 3.16. The fourth-order valence-electron chi connectivity index (χ4n) is 2.41. The largest absolute Gasteiger partial charge is 0.370 e. The smallest absolute Gasteiger partial charge is 0.133 e. The molecule has 0 unspecified atom stereocenters. The van der Waals surface area contributed by atoms with Gasteiger partial charge in [-0.1, -0.05) is 13.8 Å². The van der Waals surface area contributed by atoms with Gasteiger partial charge >= 0.3 is 0 Å². The third-order valence-electron chi connectivity index (χ3n) is 3.40. The van der Waals surface area contributed by atoms with E-state index in [-0.39, 0.29) is 0 Å². The van der Waals surface area contributed by atoms with Crippen molar-refractivity contribution >= 4 is 5.82 Å². The Morgan fingerprint density at radius 1 is 1.14 bits per heavy atom. The van der Waals surface area contributed by atoms with Crippen LogP contribution in [0.1, 0.15) is 45.0 Å². The number of nitrogens with zero attached hydrogens (tertiary/aromatic N) is 4. The lowest BCUT2D eigenvalue weighted by atomic mass is 10.1. The van der Waals surface area contributed by atoms with Gasteiger partial charge in [0.05, 0.1) is 11.4 Å². The van der Waals surface area contributed by atoms with E-state index in [1.54, 1.807) is 0 Å². The summed E-state index contributed by atoms with van der Waals surface area (Å²) in [6.45, 7) is 10.2. The van der Waals surface area contributed by atoms with Crippen molar-refractivity contribution in [1.29, 1.82) is 0 Å². The topological polar surface area (TPSA) is 55.6 Å². The number of hydrogen-bond donors (Lipinski definition) is 1. The molecule has 0 atom stereocenters. The molecule has 2 aromatic heterocycles. The second-order valence-corrected chi connectivity index (χ2v) is 5.18. The number of aryl methyl sites for hydroxylation is 2. The van der Waals surface area contributed by atoms with Crippen molar-refractivity contribution in [2.45, 2.75) is 53.5 Å². The lowest BCUT2D eigenvalue weighted by Crippen LogP contribution is -2.10. The number of rotatable bonds is 7. The first-order valence-corrected chi connectivity index (χ1v) is 7.84. The van der Waals surface area contributed by atoms with Crippen LogP contribution in [-0.2, 0) is 13.0 Å². The summed E-state index contributed by atoms with van der Waals surface area (Å²) in [6.07, 6.45) is 4.84. The second kappa shape index (κ2) is 7.20. The monoisotopic (exact) mass is 287 g/mol. The van der Waals surface area contributed by atoms with Gasteiger partial charge in [0, 0.05) is 31.3 Å². The summed E-state index contributed by atoms with van der Waals surface area (Å²) >= 11 is 0. The molecule has 0 aromatic carbocycles. The van der Waals surface area contributed by atoms with Crippen molar-refractivity contribution in [2.24, 2.45) is 0 Å².